The van der Waals surface area contributed by atoms with E-state index in [0.717, 1.165) is 0 Å². The van der Waals surface area contributed by atoms with Gasteiger partial charge < -0.3 is 9.64 Å². The zero-order chi connectivity index (χ0) is 8.97. The molecule has 1 aliphatic rings. The fourth-order valence-corrected chi connectivity index (χ4v) is 1.81. The molecule has 0 atom stereocenters. The van der Waals surface area contributed by atoms with Gasteiger partial charge in [-0.25, -0.2) is 0 Å². The number of thioether (sulfide) groups is 1. The van der Waals surface area contributed by atoms with Gasteiger partial charge in [0.25, 0.3) is 0 Å². The van der Waals surface area contributed by atoms with Crippen LogP contribution in [0.2, 0.25) is 0 Å². The predicted molar refractivity (Wildman–Crippen MR) is 45.7 cm³/mol. The van der Waals surface area contributed by atoms with Crippen molar-refractivity contribution in [2.75, 3.05) is 24.8 Å². The van der Waals surface area contributed by atoms with Crippen LogP contribution in [0.4, 0.5) is 0 Å². The SMILES string of the molecule is CCOC(=O)CN1CSCC1=O. The highest BCUT2D eigenvalue weighted by molar-refractivity contribution is 8.00. The predicted octanol–water partition coefficient (Wildman–Crippen LogP) is 0.0824. The van der Waals surface area contributed by atoms with Gasteiger partial charge in [0.15, 0.2) is 0 Å². The number of nitrogens with zero attached hydrogens (tertiary/aromatic N) is 1. The lowest BCUT2D eigenvalue weighted by atomic mass is 10.5. The van der Waals surface area contributed by atoms with Crippen LogP contribution in [0.5, 0.6) is 0 Å². The molecule has 0 unspecified atom stereocenters. The average molecular weight is 189 g/mol. The highest BCUT2D eigenvalue weighted by Crippen LogP contribution is 2.14. The minimum Gasteiger partial charge on any atom is -0.465 e. The van der Waals surface area contributed by atoms with E-state index in [9.17, 15) is 9.59 Å². The Hall–Kier alpha value is -0.710. The van der Waals surface area contributed by atoms with Crippen molar-refractivity contribution in [3.8, 4) is 0 Å². The Bertz CT molecular complexity index is 195. The Labute approximate surface area is 75.2 Å². The summed E-state index contributed by atoms with van der Waals surface area (Å²) in [7, 11) is 0. The fourth-order valence-electron chi connectivity index (χ4n) is 0.903. The maximum atomic E-state index is 11.0. The smallest absolute Gasteiger partial charge is 0.325 e. The number of ether oxygens (including phenoxy) is 1. The molecule has 1 fully saturated rings. The summed E-state index contributed by atoms with van der Waals surface area (Å²) in [6, 6.07) is 0. The van der Waals surface area contributed by atoms with Crippen molar-refractivity contribution in [3.05, 3.63) is 0 Å². The third-order valence-corrected chi connectivity index (χ3v) is 2.40. The van der Waals surface area contributed by atoms with Crippen molar-refractivity contribution in [2.45, 2.75) is 6.92 Å². The maximum Gasteiger partial charge on any atom is 0.325 e. The minimum atomic E-state index is -0.326. The highest BCUT2D eigenvalue weighted by Gasteiger charge is 2.23. The van der Waals surface area contributed by atoms with Gasteiger partial charge in [-0.2, -0.15) is 0 Å². The fraction of sp³-hybridized carbons (Fsp3) is 0.714. The van der Waals surface area contributed by atoms with Crippen molar-refractivity contribution in [1.29, 1.82) is 0 Å². The molecule has 1 rings (SSSR count). The number of carbonyl (C=O) groups excluding carboxylic acids is 2. The Morgan fingerprint density at radius 2 is 2.50 bits per heavy atom. The molecular formula is C7H11NO3S. The van der Waals surface area contributed by atoms with Gasteiger partial charge in [0, 0.05) is 0 Å². The van der Waals surface area contributed by atoms with E-state index in [1.165, 1.54) is 16.7 Å². The van der Waals surface area contributed by atoms with Crippen molar-refractivity contribution in [3.63, 3.8) is 0 Å². The summed E-state index contributed by atoms with van der Waals surface area (Å²) in [6.45, 7) is 2.21. The molecule has 0 aromatic carbocycles. The van der Waals surface area contributed by atoms with E-state index in [-0.39, 0.29) is 18.4 Å². The van der Waals surface area contributed by atoms with Gasteiger partial charge in [-0.1, -0.05) is 0 Å². The van der Waals surface area contributed by atoms with E-state index >= 15 is 0 Å². The Morgan fingerprint density at radius 1 is 1.75 bits per heavy atom. The molecule has 0 saturated carbocycles. The second kappa shape index (κ2) is 4.35. The largest absolute Gasteiger partial charge is 0.465 e. The molecule has 1 saturated heterocycles. The van der Waals surface area contributed by atoms with E-state index < -0.39 is 0 Å². The van der Waals surface area contributed by atoms with Crippen molar-refractivity contribution in [1.82, 2.24) is 4.90 Å². The zero-order valence-electron chi connectivity index (χ0n) is 6.91. The number of hydrogen-bond donors (Lipinski definition) is 0. The Balaban J connectivity index is 2.30. The van der Waals surface area contributed by atoms with Crippen molar-refractivity contribution < 1.29 is 14.3 Å². The molecule has 0 aromatic rings. The topological polar surface area (TPSA) is 46.6 Å². The molecule has 0 radical (unpaired) electrons. The van der Waals surface area contributed by atoms with E-state index in [0.29, 0.717) is 18.2 Å². The van der Waals surface area contributed by atoms with Crippen LogP contribution in [0.25, 0.3) is 0 Å². The first kappa shape index (κ1) is 9.38. The molecule has 0 spiro atoms. The van der Waals surface area contributed by atoms with E-state index in [4.69, 9.17) is 4.74 Å². The zero-order valence-corrected chi connectivity index (χ0v) is 7.73. The van der Waals surface area contributed by atoms with Crippen LogP contribution in [-0.4, -0.2) is 41.6 Å². The molecule has 68 valence electrons. The van der Waals surface area contributed by atoms with Crippen LogP contribution >= 0.6 is 11.8 Å². The summed E-state index contributed by atoms with van der Waals surface area (Å²) in [5.74, 6) is 0.790. The quantitative estimate of drug-likeness (QED) is 0.590. The maximum absolute atomic E-state index is 11.0. The number of carbonyl (C=O) groups is 2. The molecule has 0 aromatic heterocycles. The Kier molecular flexibility index (Phi) is 3.40. The van der Waals surface area contributed by atoms with E-state index in [1.807, 2.05) is 0 Å². The van der Waals surface area contributed by atoms with Crippen LogP contribution in [0.15, 0.2) is 0 Å². The molecule has 0 N–H and O–H groups in total. The third kappa shape index (κ3) is 2.41. The van der Waals surface area contributed by atoms with Crippen LogP contribution < -0.4 is 0 Å². The first-order valence-corrected chi connectivity index (χ1v) is 4.90. The number of esters is 1. The van der Waals surface area contributed by atoms with Crippen LogP contribution in [0.3, 0.4) is 0 Å². The second-order valence-electron chi connectivity index (χ2n) is 2.37. The lowest BCUT2D eigenvalue weighted by Gasteiger charge is -2.12. The van der Waals surface area contributed by atoms with E-state index in [2.05, 4.69) is 0 Å². The van der Waals surface area contributed by atoms with Crippen LogP contribution in [-0.2, 0) is 14.3 Å². The second-order valence-corrected chi connectivity index (χ2v) is 3.33. The first-order valence-electron chi connectivity index (χ1n) is 3.75. The molecule has 12 heavy (non-hydrogen) atoms. The molecule has 1 heterocycles. The van der Waals surface area contributed by atoms with Gasteiger partial charge in [0.2, 0.25) is 5.91 Å². The molecule has 5 heteroatoms. The number of rotatable bonds is 3. The van der Waals surface area contributed by atoms with Gasteiger partial charge in [-0.15, -0.1) is 11.8 Å². The summed E-state index contributed by atoms with van der Waals surface area (Å²) in [5.41, 5.74) is 0. The van der Waals surface area contributed by atoms with Gasteiger partial charge in [-0.05, 0) is 6.92 Å². The van der Waals surface area contributed by atoms with Gasteiger partial charge in [-0.3, -0.25) is 9.59 Å². The lowest BCUT2D eigenvalue weighted by molar-refractivity contribution is -0.147. The minimum absolute atomic E-state index is 0.0213. The average Bonchev–Trinajstić information content (AvgIpc) is 2.37. The first-order chi connectivity index (χ1) is 5.74. The van der Waals surface area contributed by atoms with Gasteiger partial charge in [0.05, 0.1) is 18.2 Å². The third-order valence-electron chi connectivity index (χ3n) is 1.45. The molecule has 0 aliphatic carbocycles. The Morgan fingerprint density at radius 3 is 3.00 bits per heavy atom. The molecule has 0 bridgehead atoms. The molecular weight excluding hydrogens is 178 g/mol. The van der Waals surface area contributed by atoms with Gasteiger partial charge in [0.1, 0.15) is 6.54 Å². The summed E-state index contributed by atoms with van der Waals surface area (Å²) < 4.78 is 4.71. The van der Waals surface area contributed by atoms with Crippen molar-refractivity contribution in [2.24, 2.45) is 0 Å². The van der Waals surface area contributed by atoms with Crippen molar-refractivity contribution >= 4 is 23.6 Å². The lowest BCUT2D eigenvalue weighted by Crippen LogP contribution is -2.32. The summed E-state index contributed by atoms with van der Waals surface area (Å²) in [4.78, 5) is 23.4. The summed E-state index contributed by atoms with van der Waals surface area (Å²) in [6.07, 6.45) is 0. The summed E-state index contributed by atoms with van der Waals surface area (Å²) in [5, 5.41) is 0. The molecule has 1 aliphatic heterocycles. The highest BCUT2D eigenvalue weighted by atomic mass is 32.2. The molecule has 4 nitrogen and oxygen atoms in total. The normalized spacial score (nSPS) is 16.8. The van der Waals surface area contributed by atoms with Gasteiger partial charge >= 0.3 is 5.97 Å². The summed E-state index contributed by atoms with van der Waals surface area (Å²) >= 11 is 1.52. The number of hydrogen-bond acceptors (Lipinski definition) is 4. The van der Waals surface area contributed by atoms with Crippen LogP contribution in [0.1, 0.15) is 6.92 Å². The number of amides is 1. The molecule has 1 amide bonds. The van der Waals surface area contributed by atoms with Crippen LogP contribution in [0, 0.1) is 0 Å². The standard InChI is InChI=1S/C7H11NO3S/c1-2-11-7(10)3-8-5-12-4-6(8)9/h2-5H2,1H3. The monoisotopic (exact) mass is 189 g/mol. The van der Waals surface area contributed by atoms with E-state index in [1.54, 1.807) is 6.92 Å².